The fourth-order valence-electron chi connectivity index (χ4n) is 1.74. The van der Waals surface area contributed by atoms with Crippen LogP contribution in [0.3, 0.4) is 0 Å². The number of piperazine rings is 1. The molecule has 1 saturated heterocycles. The Labute approximate surface area is 114 Å². The Hall–Kier alpha value is -1.11. The first-order chi connectivity index (χ1) is 8.09. The Morgan fingerprint density at radius 1 is 1.29 bits per heavy atom. The van der Waals surface area contributed by atoms with Gasteiger partial charge in [-0.25, -0.2) is 0 Å². The van der Waals surface area contributed by atoms with E-state index in [0.717, 1.165) is 3.57 Å². The minimum atomic E-state index is -0.0588. The van der Waals surface area contributed by atoms with E-state index in [1.54, 1.807) is 22.9 Å². The van der Waals surface area contributed by atoms with Crippen LogP contribution in [0.5, 0.6) is 0 Å². The molecule has 0 aliphatic carbocycles. The summed E-state index contributed by atoms with van der Waals surface area (Å²) in [7, 11) is 1.76. The van der Waals surface area contributed by atoms with Crippen LogP contribution in [0.1, 0.15) is 10.4 Å². The molecular formula is C12H13IN2O2. The molecule has 0 radical (unpaired) electrons. The number of likely N-dealkylation sites (N-methyl/N-ethyl adjacent to an activating group) is 1. The third-order valence-electron chi connectivity index (χ3n) is 2.85. The molecule has 1 aliphatic heterocycles. The molecule has 1 aromatic rings. The van der Waals surface area contributed by atoms with Gasteiger partial charge >= 0.3 is 0 Å². The van der Waals surface area contributed by atoms with E-state index in [0.29, 0.717) is 18.7 Å². The van der Waals surface area contributed by atoms with E-state index in [1.807, 2.05) is 18.2 Å². The Bertz CT molecular complexity index is 462. The monoisotopic (exact) mass is 344 g/mol. The van der Waals surface area contributed by atoms with Crippen LogP contribution in [0, 0.1) is 3.57 Å². The van der Waals surface area contributed by atoms with Crippen molar-refractivity contribution in [2.45, 2.75) is 0 Å². The van der Waals surface area contributed by atoms with Gasteiger partial charge in [-0.2, -0.15) is 0 Å². The average molecular weight is 344 g/mol. The van der Waals surface area contributed by atoms with E-state index < -0.39 is 0 Å². The number of carbonyl (C=O) groups is 2. The SMILES string of the molecule is CN1CCN(C(=O)c2ccccc2I)CC1=O. The standard InChI is InChI=1S/C12H13IN2O2/c1-14-6-7-15(8-11(14)16)12(17)9-4-2-3-5-10(9)13/h2-5H,6-8H2,1H3. The van der Waals surface area contributed by atoms with Gasteiger partial charge in [0.05, 0.1) is 5.56 Å². The first kappa shape index (κ1) is 12.3. The van der Waals surface area contributed by atoms with Crippen LogP contribution in [0.15, 0.2) is 24.3 Å². The summed E-state index contributed by atoms with van der Waals surface area (Å²) in [5.41, 5.74) is 0.672. The van der Waals surface area contributed by atoms with Crippen molar-refractivity contribution in [1.82, 2.24) is 9.80 Å². The summed E-state index contributed by atoms with van der Waals surface area (Å²) in [5, 5.41) is 0. The molecule has 0 spiro atoms. The van der Waals surface area contributed by atoms with Crippen molar-refractivity contribution < 1.29 is 9.59 Å². The molecule has 0 unspecified atom stereocenters. The number of halogens is 1. The van der Waals surface area contributed by atoms with Crippen LogP contribution in [-0.4, -0.2) is 48.3 Å². The van der Waals surface area contributed by atoms with Gasteiger partial charge in [0.25, 0.3) is 5.91 Å². The molecule has 0 bridgehead atoms. The van der Waals surface area contributed by atoms with Crippen molar-refractivity contribution in [2.24, 2.45) is 0 Å². The fraction of sp³-hybridized carbons (Fsp3) is 0.333. The second kappa shape index (κ2) is 5.03. The van der Waals surface area contributed by atoms with Crippen molar-refractivity contribution in [3.8, 4) is 0 Å². The van der Waals surface area contributed by atoms with Gasteiger partial charge < -0.3 is 9.80 Å². The molecule has 1 aliphatic rings. The number of nitrogens with zero attached hydrogens (tertiary/aromatic N) is 2. The van der Waals surface area contributed by atoms with Crippen molar-refractivity contribution in [3.63, 3.8) is 0 Å². The molecule has 5 heteroatoms. The summed E-state index contributed by atoms with van der Waals surface area (Å²) >= 11 is 2.14. The third kappa shape index (κ3) is 2.59. The highest BCUT2D eigenvalue weighted by Gasteiger charge is 2.26. The maximum atomic E-state index is 12.2. The van der Waals surface area contributed by atoms with E-state index in [9.17, 15) is 9.59 Å². The van der Waals surface area contributed by atoms with Crippen LogP contribution >= 0.6 is 22.6 Å². The zero-order chi connectivity index (χ0) is 12.4. The highest BCUT2D eigenvalue weighted by molar-refractivity contribution is 14.1. The van der Waals surface area contributed by atoms with Crippen LogP contribution < -0.4 is 0 Å². The number of amides is 2. The lowest BCUT2D eigenvalue weighted by Crippen LogP contribution is -2.50. The topological polar surface area (TPSA) is 40.6 Å². The summed E-state index contributed by atoms with van der Waals surface area (Å²) < 4.78 is 0.918. The Kier molecular flexibility index (Phi) is 3.66. The summed E-state index contributed by atoms with van der Waals surface area (Å²) in [6.45, 7) is 1.39. The molecule has 0 atom stereocenters. The van der Waals surface area contributed by atoms with Gasteiger partial charge in [0, 0.05) is 23.7 Å². The Balaban J connectivity index is 2.16. The van der Waals surface area contributed by atoms with Gasteiger partial charge in [-0.15, -0.1) is 0 Å². The number of hydrogen-bond acceptors (Lipinski definition) is 2. The second-order valence-corrected chi connectivity index (χ2v) is 5.18. The van der Waals surface area contributed by atoms with Gasteiger partial charge in [0.1, 0.15) is 6.54 Å². The smallest absolute Gasteiger partial charge is 0.255 e. The quantitative estimate of drug-likeness (QED) is 0.719. The summed E-state index contributed by atoms with van der Waals surface area (Å²) in [6, 6.07) is 7.43. The Morgan fingerprint density at radius 3 is 2.65 bits per heavy atom. The lowest BCUT2D eigenvalue weighted by molar-refractivity contribution is -0.133. The number of rotatable bonds is 1. The highest BCUT2D eigenvalue weighted by atomic mass is 127. The predicted molar refractivity (Wildman–Crippen MR) is 72.7 cm³/mol. The average Bonchev–Trinajstić information content (AvgIpc) is 2.32. The normalized spacial score (nSPS) is 16.2. The van der Waals surface area contributed by atoms with Gasteiger partial charge in [0.2, 0.25) is 5.91 Å². The zero-order valence-electron chi connectivity index (χ0n) is 9.52. The molecule has 1 heterocycles. The van der Waals surface area contributed by atoms with Gasteiger partial charge in [-0.05, 0) is 34.7 Å². The maximum absolute atomic E-state index is 12.2. The van der Waals surface area contributed by atoms with E-state index in [-0.39, 0.29) is 18.4 Å². The molecule has 17 heavy (non-hydrogen) atoms. The molecule has 0 aromatic heterocycles. The molecule has 2 amide bonds. The highest BCUT2D eigenvalue weighted by Crippen LogP contribution is 2.15. The first-order valence-electron chi connectivity index (χ1n) is 5.37. The Morgan fingerprint density at radius 2 is 2.00 bits per heavy atom. The summed E-state index contributed by atoms with van der Waals surface area (Å²) in [6.07, 6.45) is 0. The minimum absolute atomic E-state index is 0.00413. The third-order valence-corrected chi connectivity index (χ3v) is 3.79. The van der Waals surface area contributed by atoms with Crippen molar-refractivity contribution in [2.75, 3.05) is 26.7 Å². The lowest BCUT2D eigenvalue weighted by Gasteiger charge is -2.32. The van der Waals surface area contributed by atoms with Crippen molar-refractivity contribution in [3.05, 3.63) is 33.4 Å². The lowest BCUT2D eigenvalue weighted by atomic mass is 10.2. The second-order valence-electron chi connectivity index (χ2n) is 4.02. The van der Waals surface area contributed by atoms with E-state index in [4.69, 9.17) is 0 Å². The van der Waals surface area contributed by atoms with Crippen LogP contribution in [-0.2, 0) is 4.79 Å². The molecule has 0 N–H and O–H groups in total. The van der Waals surface area contributed by atoms with E-state index >= 15 is 0 Å². The number of hydrogen-bond donors (Lipinski definition) is 0. The van der Waals surface area contributed by atoms with Gasteiger partial charge in [-0.3, -0.25) is 9.59 Å². The van der Waals surface area contributed by atoms with Crippen molar-refractivity contribution in [1.29, 1.82) is 0 Å². The van der Waals surface area contributed by atoms with Gasteiger partial charge in [0.15, 0.2) is 0 Å². The van der Waals surface area contributed by atoms with Gasteiger partial charge in [-0.1, -0.05) is 12.1 Å². The molecule has 1 fully saturated rings. The summed E-state index contributed by atoms with van der Waals surface area (Å²) in [5.74, 6) is -0.0630. The molecule has 0 saturated carbocycles. The van der Waals surface area contributed by atoms with E-state index in [1.165, 1.54) is 0 Å². The largest absolute Gasteiger partial charge is 0.342 e. The van der Waals surface area contributed by atoms with Crippen LogP contribution in [0.2, 0.25) is 0 Å². The van der Waals surface area contributed by atoms with Crippen LogP contribution in [0.25, 0.3) is 0 Å². The first-order valence-corrected chi connectivity index (χ1v) is 6.45. The molecule has 1 aromatic carbocycles. The van der Waals surface area contributed by atoms with Crippen molar-refractivity contribution >= 4 is 34.4 Å². The van der Waals surface area contributed by atoms with E-state index in [2.05, 4.69) is 22.6 Å². The molecular weight excluding hydrogens is 331 g/mol. The number of carbonyl (C=O) groups excluding carboxylic acids is 2. The fourth-order valence-corrected chi connectivity index (χ4v) is 2.35. The predicted octanol–water partition coefficient (Wildman–Crippen LogP) is 1.21. The maximum Gasteiger partial charge on any atom is 0.255 e. The molecule has 2 rings (SSSR count). The zero-order valence-corrected chi connectivity index (χ0v) is 11.7. The van der Waals surface area contributed by atoms with Crippen LogP contribution in [0.4, 0.5) is 0 Å². The molecule has 90 valence electrons. The minimum Gasteiger partial charge on any atom is -0.342 e. The molecule has 4 nitrogen and oxygen atoms in total. The number of benzene rings is 1. The summed E-state index contributed by atoms with van der Waals surface area (Å²) in [4.78, 5) is 27.0.